The lowest BCUT2D eigenvalue weighted by Crippen LogP contribution is -2.32. The van der Waals surface area contributed by atoms with Crippen molar-refractivity contribution in [3.63, 3.8) is 0 Å². The summed E-state index contributed by atoms with van der Waals surface area (Å²) < 4.78 is 31.5. The van der Waals surface area contributed by atoms with Gasteiger partial charge < -0.3 is 4.90 Å². The molecule has 194 valence electrons. The van der Waals surface area contributed by atoms with Crippen molar-refractivity contribution >= 4 is 48.9 Å². The van der Waals surface area contributed by atoms with Crippen molar-refractivity contribution in [3.8, 4) is 0 Å². The van der Waals surface area contributed by atoms with Crippen LogP contribution in [0.3, 0.4) is 0 Å². The van der Waals surface area contributed by atoms with Gasteiger partial charge in [0.25, 0.3) is 0 Å². The number of fused-ring (bicyclic) bond motifs is 1. The number of benzene rings is 3. The number of nitrogens with zero attached hydrogens (tertiary/aromatic N) is 2. The van der Waals surface area contributed by atoms with E-state index >= 15 is 0 Å². The normalized spacial score (nSPS) is 15.8. The number of sulfonamides is 1. The van der Waals surface area contributed by atoms with Gasteiger partial charge in [-0.2, -0.15) is 0 Å². The minimum Gasteiger partial charge on any atom is -0.372 e. The third kappa shape index (κ3) is 5.77. The second-order valence-corrected chi connectivity index (χ2v) is 13.0. The maximum atomic E-state index is 13.2. The van der Waals surface area contributed by atoms with E-state index < -0.39 is 16.1 Å². The predicted octanol–water partition coefficient (Wildman–Crippen LogP) is 6.04. The van der Waals surface area contributed by atoms with Gasteiger partial charge in [0.15, 0.2) is 0 Å². The molecular formula is C28H30ClN3O3S2. The van der Waals surface area contributed by atoms with E-state index in [1.54, 1.807) is 34.9 Å². The van der Waals surface area contributed by atoms with Crippen LogP contribution in [0.1, 0.15) is 43.9 Å². The Labute approximate surface area is 226 Å². The zero-order valence-electron chi connectivity index (χ0n) is 20.9. The molecule has 1 aliphatic rings. The summed E-state index contributed by atoms with van der Waals surface area (Å²) in [5, 5.41) is 0.635. The SMILES string of the molecule is CC1CCN(c2ccc(C(C)NS(=O)(=O)c3ccc4c(c3)sc(=O)n4Cc3ccc(Cl)cc3)cc2)CC1. The van der Waals surface area contributed by atoms with Crippen molar-refractivity contribution < 1.29 is 8.42 Å². The Morgan fingerprint density at radius 2 is 1.70 bits per heavy atom. The lowest BCUT2D eigenvalue weighted by Gasteiger charge is -2.32. The van der Waals surface area contributed by atoms with Gasteiger partial charge in [-0.05, 0) is 79.3 Å². The molecule has 0 bridgehead atoms. The number of aromatic nitrogens is 1. The first-order valence-corrected chi connectivity index (χ1v) is 15.1. The van der Waals surface area contributed by atoms with Gasteiger partial charge in [0, 0.05) is 29.8 Å². The van der Waals surface area contributed by atoms with E-state index in [1.165, 1.54) is 18.5 Å². The highest BCUT2D eigenvalue weighted by Crippen LogP contribution is 2.27. The van der Waals surface area contributed by atoms with Crippen LogP contribution in [-0.2, 0) is 16.6 Å². The smallest absolute Gasteiger partial charge is 0.308 e. The average molecular weight is 556 g/mol. The van der Waals surface area contributed by atoms with Crippen molar-refractivity contribution in [2.75, 3.05) is 18.0 Å². The molecule has 0 radical (unpaired) electrons. The van der Waals surface area contributed by atoms with Gasteiger partial charge in [-0.15, -0.1) is 0 Å². The van der Waals surface area contributed by atoms with Gasteiger partial charge in [-0.1, -0.05) is 54.1 Å². The molecule has 1 aromatic heterocycles. The maximum Gasteiger partial charge on any atom is 0.308 e. The summed E-state index contributed by atoms with van der Waals surface area (Å²) in [5.74, 6) is 0.771. The molecule has 0 aliphatic carbocycles. The molecule has 0 saturated carbocycles. The van der Waals surface area contributed by atoms with E-state index in [2.05, 4.69) is 28.7 Å². The molecule has 2 heterocycles. The monoisotopic (exact) mass is 555 g/mol. The topological polar surface area (TPSA) is 71.4 Å². The molecule has 9 heteroatoms. The molecule has 6 nitrogen and oxygen atoms in total. The molecule has 0 amide bonds. The number of nitrogens with one attached hydrogen (secondary N) is 1. The molecule has 3 aromatic carbocycles. The number of piperidine rings is 1. The molecule has 0 spiro atoms. The summed E-state index contributed by atoms with van der Waals surface area (Å²) in [4.78, 5) is 15.1. The summed E-state index contributed by atoms with van der Waals surface area (Å²) in [7, 11) is -3.78. The predicted molar refractivity (Wildman–Crippen MR) is 152 cm³/mol. The van der Waals surface area contributed by atoms with Crippen LogP contribution in [0.15, 0.2) is 76.4 Å². The van der Waals surface area contributed by atoms with Crippen molar-refractivity contribution in [1.82, 2.24) is 9.29 Å². The van der Waals surface area contributed by atoms with E-state index in [0.29, 0.717) is 21.8 Å². The summed E-state index contributed by atoms with van der Waals surface area (Å²) in [5.41, 5.74) is 3.73. The molecule has 1 unspecified atom stereocenters. The van der Waals surface area contributed by atoms with E-state index in [1.807, 2.05) is 31.2 Å². The van der Waals surface area contributed by atoms with Crippen LogP contribution >= 0.6 is 22.9 Å². The summed E-state index contributed by atoms with van der Waals surface area (Å²) in [6, 6.07) is 19.9. The van der Waals surface area contributed by atoms with Crippen LogP contribution in [-0.4, -0.2) is 26.1 Å². The van der Waals surface area contributed by atoms with Crippen molar-refractivity contribution in [1.29, 1.82) is 0 Å². The lowest BCUT2D eigenvalue weighted by molar-refractivity contribution is 0.438. The third-order valence-corrected chi connectivity index (χ3v) is 9.81. The lowest BCUT2D eigenvalue weighted by atomic mass is 9.98. The van der Waals surface area contributed by atoms with Crippen molar-refractivity contribution in [2.45, 2.75) is 44.2 Å². The van der Waals surface area contributed by atoms with Crippen LogP contribution in [0.25, 0.3) is 10.2 Å². The summed E-state index contributed by atoms with van der Waals surface area (Å²) in [6.45, 7) is 6.64. The first kappa shape index (κ1) is 26.0. The highest BCUT2D eigenvalue weighted by atomic mass is 35.5. The number of hydrogen-bond donors (Lipinski definition) is 1. The fourth-order valence-electron chi connectivity index (χ4n) is 4.75. The summed E-state index contributed by atoms with van der Waals surface area (Å²) >= 11 is 7.01. The Hall–Kier alpha value is -2.65. The third-order valence-electron chi connectivity index (χ3n) is 7.08. The second-order valence-electron chi connectivity index (χ2n) is 9.81. The quantitative estimate of drug-likeness (QED) is 0.302. The second kappa shape index (κ2) is 10.6. The molecule has 1 N–H and O–H groups in total. The molecule has 1 atom stereocenters. The zero-order valence-corrected chi connectivity index (χ0v) is 23.2. The first-order chi connectivity index (χ1) is 17.7. The van der Waals surface area contributed by atoms with E-state index in [0.717, 1.165) is 41.5 Å². The Morgan fingerprint density at radius 1 is 1.03 bits per heavy atom. The standard InChI is InChI=1S/C28H30ClN3O3S2/c1-19-13-15-31(16-14-19)24-9-5-22(6-10-24)20(2)30-37(34,35)25-11-12-26-27(17-25)36-28(33)32(26)18-21-3-7-23(29)8-4-21/h3-12,17,19-20,30H,13-16,18H2,1-2H3. The van der Waals surface area contributed by atoms with Crippen molar-refractivity contribution in [2.24, 2.45) is 5.92 Å². The van der Waals surface area contributed by atoms with Crippen LogP contribution < -0.4 is 14.5 Å². The molecule has 1 saturated heterocycles. The van der Waals surface area contributed by atoms with Gasteiger partial charge in [-0.25, -0.2) is 13.1 Å². The van der Waals surface area contributed by atoms with E-state index in [-0.39, 0.29) is 9.77 Å². The van der Waals surface area contributed by atoms with Gasteiger partial charge >= 0.3 is 4.87 Å². The van der Waals surface area contributed by atoms with Crippen LogP contribution in [0.5, 0.6) is 0 Å². The minimum atomic E-state index is -3.78. The van der Waals surface area contributed by atoms with E-state index in [4.69, 9.17) is 11.6 Å². The van der Waals surface area contributed by atoms with Crippen LogP contribution in [0, 0.1) is 5.92 Å². The maximum absolute atomic E-state index is 13.2. The Bertz CT molecular complexity index is 1550. The molecule has 1 fully saturated rings. The summed E-state index contributed by atoms with van der Waals surface area (Å²) in [6.07, 6.45) is 2.39. The number of rotatable bonds is 7. The number of halogens is 1. The van der Waals surface area contributed by atoms with Crippen molar-refractivity contribution in [3.05, 3.63) is 92.5 Å². The fourth-order valence-corrected chi connectivity index (χ4v) is 7.13. The Balaban J connectivity index is 1.31. The number of anilines is 1. The molecule has 4 aromatic rings. The number of hydrogen-bond acceptors (Lipinski definition) is 5. The molecule has 5 rings (SSSR count). The molecule has 37 heavy (non-hydrogen) atoms. The largest absolute Gasteiger partial charge is 0.372 e. The highest BCUT2D eigenvalue weighted by molar-refractivity contribution is 7.89. The Kier molecular flexibility index (Phi) is 7.45. The van der Waals surface area contributed by atoms with Gasteiger partial charge in [0.05, 0.1) is 21.7 Å². The van der Waals surface area contributed by atoms with Crippen LogP contribution in [0.4, 0.5) is 5.69 Å². The zero-order chi connectivity index (χ0) is 26.2. The highest BCUT2D eigenvalue weighted by Gasteiger charge is 2.21. The van der Waals surface area contributed by atoms with Gasteiger partial charge in [0.1, 0.15) is 0 Å². The molecular weight excluding hydrogens is 526 g/mol. The van der Waals surface area contributed by atoms with Gasteiger partial charge in [0.2, 0.25) is 10.0 Å². The van der Waals surface area contributed by atoms with Crippen LogP contribution in [0.2, 0.25) is 5.02 Å². The fraction of sp³-hybridized carbons (Fsp3) is 0.321. The average Bonchev–Trinajstić information content (AvgIpc) is 3.19. The van der Waals surface area contributed by atoms with Gasteiger partial charge in [-0.3, -0.25) is 9.36 Å². The first-order valence-electron chi connectivity index (χ1n) is 12.4. The molecule has 1 aliphatic heterocycles. The number of thiazole rings is 1. The van der Waals surface area contributed by atoms with E-state index in [9.17, 15) is 13.2 Å². The minimum absolute atomic E-state index is 0.135. The Morgan fingerprint density at radius 3 is 2.38 bits per heavy atom.